The van der Waals surface area contributed by atoms with Gasteiger partial charge >= 0.3 is 0 Å². The Morgan fingerprint density at radius 2 is 1.93 bits per heavy atom. The number of sulfonamides is 1. The first-order valence-electron chi connectivity index (χ1n) is 10.4. The Morgan fingerprint density at radius 3 is 2.59 bits per heavy atom. The predicted octanol–water partition coefficient (Wildman–Crippen LogP) is 2.30. The third-order valence-electron chi connectivity index (χ3n) is 5.95. The normalized spacial score (nSPS) is 19.7. The number of fused-ring (bicyclic) bond motifs is 1. The van der Waals surface area contributed by atoms with Crippen molar-refractivity contribution in [3.05, 3.63) is 23.8 Å². The van der Waals surface area contributed by atoms with Crippen molar-refractivity contribution in [2.24, 2.45) is 5.92 Å². The maximum atomic E-state index is 13.0. The molecule has 1 N–H and O–H groups in total. The summed E-state index contributed by atoms with van der Waals surface area (Å²) in [5.41, 5.74) is 1.43. The first-order valence-corrected chi connectivity index (χ1v) is 11.9. The van der Waals surface area contributed by atoms with Gasteiger partial charge in [-0.25, -0.2) is 8.42 Å². The number of anilines is 1. The van der Waals surface area contributed by atoms with Crippen LogP contribution in [-0.2, 0) is 26.0 Å². The molecule has 0 aromatic heterocycles. The van der Waals surface area contributed by atoms with Crippen LogP contribution in [0.1, 0.15) is 52.0 Å². The second-order valence-corrected chi connectivity index (χ2v) is 10.2. The lowest BCUT2D eigenvalue weighted by Gasteiger charge is -2.31. The lowest BCUT2D eigenvalue weighted by atomic mass is 10.0. The van der Waals surface area contributed by atoms with Crippen molar-refractivity contribution in [1.82, 2.24) is 9.62 Å². The second kappa shape index (κ2) is 8.83. The Kier molecular flexibility index (Phi) is 6.63. The Bertz CT molecular complexity index is 876. The number of benzene rings is 1. The molecule has 7 nitrogen and oxygen atoms in total. The number of piperidine rings is 1. The van der Waals surface area contributed by atoms with E-state index in [9.17, 15) is 18.0 Å². The number of carbonyl (C=O) groups is 2. The molecule has 2 heterocycles. The van der Waals surface area contributed by atoms with Crippen LogP contribution in [0.2, 0.25) is 0 Å². The van der Waals surface area contributed by atoms with E-state index in [1.165, 1.54) is 4.90 Å². The van der Waals surface area contributed by atoms with Gasteiger partial charge in [0.25, 0.3) is 0 Å². The van der Waals surface area contributed by atoms with Crippen molar-refractivity contribution in [3.63, 3.8) is 0 Å². The van der Waals surface area contributed by atoms with Crippen molar-refractivity contribution in [1.29, 1.82) is 0 Å². The SMILES string of the molecule is CCC(C)NC(=O)CN1C(=O)CCc2cc(S(=O)(=O)N3CCC(C)CC3)ccc21. The number of hydrogen-bond acceptors (Lipinski definition) is 4. The van der Waals surface area contributed by atoms with Gasteiger partial charge in [-0.05, 0) is 62.3 Å². The van der Waals surface area contributed by atoms with Crippen LogP contribution in [0.3, 0.4) is 0 Å². The highest BCUT2D eigenvalue weighted by atomic mass is 32.2. The Hall–Kier alpha value is -1.93. The number of rotatable bonds is 6. The van der Waals surface area contributed by atoms with E-state index < -0.39 is 10.0 Å². The van der Waals surface area contributed by atoms with Crippen molar-refractivity contribution < 1.29 is 18.0 Å². The fourth-order valence-electron chi connectivity index (χ4n) is 3.81. The molecule has 0 bridgehead atoms. The summed E-state index contributed by atoms with van der Waals surface area (Å²) < 4.78 is 27.6. The van der Waals surface area contributed by atoms with E-state index in [1.807, 2.05) is 13.8 Å². The molecule has 1 saturated heterocycles. The van der Waals surface area contributed by atoms with Crippen molar-refractivity contribution >= 4 is 27.5 Å². The summed E-state index contributed by atoms with van der Waals surface area (Å²) in [6.07, 6.45) is 3.31. The molecule has 1 unspecified atom stereocenters. The molecule has 0 spiro atoms. The number of amides is 2. The summed E-state index contributed by atoms with van der Waals surface area (Å²) in [6, 6.07) is 4.95. The summed E-state index contributed by atoms with van der Waals surface area (Å²) in [6.45, 7) is 7.08. The molecule has 8 heteroatoms. The monoisotopic (exact) mass is 421 g/mol. The summed E-state index contributed by atoms with van der Waals surface area (Å²) in [5, 5.41) is 2.88. The minimum absolute atomic E-state index is 0.0432. The van der Waals surface area contributed by atoms with E-state index >= 15 is 0 Å². The van der Waals surface area contributed by atoms with Gasteiger partial charge in [0.1, 0.15) is 6.54 Å². The topological polar surface area (TPSA) is 86.8 Å². The molecule has 0 aliphatic carbocycles. The van der Waals surface area contributed by atoms with Gasteiger partial charge in [0, 0.05) is 31.2 Å². The third-order valence-corrected chi connectivity index (χ3v) is 7.85. The van der Waals surface area contributed by atoms with Crippen LogP contribution in [0, 0.1) is 5.92 Å². The highest BCUT2D eigenvalue weighted by Gasteiger charge is 2.31. The zero-order chi connectivity index (χ0) is 21.2. The summed E-state index contributed by atoms with van der Waals surface area (Å²) in [4.78, 5) is 26.5. The second-order valence-electron chi connectivity index (χ2n) is 8.23. The van der Waals surface area contributed by atoms with E-state index in [2.05, 4.69) is 12.2 Å². The maximum absolute atomic E-state index is 13.0. The van der Waals surface area contributed by atoms with Gasteiger partial charge in [0.05, 0.1) is 4.90 Å². The number of aryl methyl sites for hydroxylation is 1. The molecule has 1 atom stereocenters. The first-order chi connectivity index (χ1) is 13.7. The van der Waals surface area contributed by atoms with E-state index in [0.717, 1.165) is 24.8 Å². The Labute approximate surface area is 173 Å². The molecule has 29 heavy (non-hydrogen) atoms. The fraction of sp³-hybridized carbons (Fsp3) is 0.619. The van der Waals surface area contributed by atoms with Gasteiger partial charge in [-0.3, -0.25) is 9.59 Å². The molecule has 160 valence electrons. The van der Waals surface area contributed by atoms with Gasteiger partial charge in [0.2, 0.25) is 21.8 Å². The quantitative estimate of drug-likeness (QED) is 0.764. The van der Waals surface area contributed by atoms with Crippen LogP contribution in [0.25, 0.3) is 0 Å². The van der Waals surface area contributed by atoms with Gasteiger partial charge in [0.15, 0.2) is 0 Å². The highest BCUT2D eigenvalue weighted by Crippen LogP contribution is 2.32. The van der Waals surface area contributed by atoms with Gasteiger partial charge in [-0.1, -0.05) is 13.8 Å². The van der Waals surface area contributed by atoms with Crippen LogP contribution in [-0.4, -0.2) is 50.2 Å². The third kappa shape index (κ3) is 4.80. The van der Waals surface area contributed by atoms with E-state index in [0.29, 0.717) is 31.1 Å². The van der Waals surface area contributed by atoms with Crippen molar-refractivity contribution in [2.75, 3.05) is 24.5 Å². The van der Waals surface area contributed by atoms with Gasteiger partial charge in [-0.2, -0.15) is 4.31 Å². The standard InChI is InChI=1S/C21H31N3O4S/c1-4-16(3)22-20(25)14-24-19-7-6-18(13-17(19)5-8-21(24)26)29(27,28)23-11-9-15(2)10-12-23/h6-7,13,15-16H,4-5,8-12,14H2,1-3H3,(H,22,25). The smallest absolute Gasteiger partial charge is 0.243 e. The zero-order valence-electron chi connectivity index (χ0n) is 17.5. The van der Waals surface area contributed by atoms with Crippen LogP contribution in [0.4, 0.5) is 5.69 Å². The minimum atomic E-state index is -3.54. The lowest BCUT2D eigenvalue weighted by Crippen LogP contribution is -2.45. The molecule has 2 aliphatic heterocycles. The largest absolute Gasteiger partial charge is 0.352 e. The number of nitrogens with zero attached hydrogens (tertiary/aromatic N) is 2. The van der Waals surface area contributed by atoms with Crippen LogP contribution in [0.15, 0.2) is 23.1 Å². The summed E-state index contributed by atoms with van der Waals surface area (Å²) >= 11 is 0. The number of carbonyl (C=O) groups excluding carboxylic acids is 2. The molecular weight excluding hydrogens is 390 g/mol. The molecule has 1 aromatic rings. The Morgan fingerprint density at radius 1 is 1.24 bits per heavy atom. The molecule has 2 amide bonds. The lowest BCUT2D eigenvalue weighted by molar-refractivity contribution is -0.124. The van der Waals surface area contributed by atoms with Crippen LogP contribution < -0.4 is 10.2 Å². The fourth-order valence-corrected chi connectivity index (χ4v) is 5.33. The number of hydrogen-bond donors (Lipinski definition) is 1. The molecule has 0 radical (unpaired) electrons. The minimum Gasteiger partial charge on any atom is -0.352 e. The molecular formula is C21H31N3O4S. The van der Waals surface area contributed by atoms with E-state index in [1.54, 1.807) is 22.5 Å². The van der Waals surface area contributed by atoms with Gasteiger partial charge in [-0.15, -0.1) is 0 Å². The highest BCUT2D eigenvalue weighted by molar-refractivity contribution is 7.89. The Balaban J connectivity index is 1.81. The number of nitrogens with one attached hydrogen (secondary N) is 1. The summed E-state index contributed by atoms with van der Waals surface area (Å²) in [5.74, 6) is 0.225. The predicted molar refractivity (Wildman–Crippen MR) is 112 cm³/mol. The molecule has 3 rings (SSSR count). The molecule has 1 aromatic carbocycles. The molecule has 0 saturated carbocycles. The van der Waals surface area contributed by atoms with Gasteiger partial charge < -0.3 is 10.2 Å². The van der Waals surface area contributed by atoms with E-state index in [4.69, 9.17) is 0 Å². The molecule has 1 fully saturated rings. The van der Waals surface area contributed by atoms with Crippen molar-refractivity contribution in [2.45, 2.75) is 63.8 Å². The van der Waals surface area contributed by atoms with E-state index in [-0.39, 0.29) is 35.7 Å². The van der Waals surface area contributed by atoms with Crippen LogP contribution >= 0.6 is 0 Å². The maximum Gasteiger partial charge on any atom is 0.243 e. The first kappa shape index (κ1) is 21.8. The molecule has 2 aliphatic rings. The average molecular weight is 422 g/mol. The summed E-state index contributed by atoms with van der Waals surface area (Å²) in [7, 11) is -3.54. The van der Waals surface area contributed by atoms with Crippen molar-refractivity contribution in [3.8, 4) is 0 Å². The van der Waals surface area contributed by atoms with Crippen LogP contribution in [0.5, 0.6) is 0 Å². The zero-order valence-corrected chi connectivity index (χ0v) is 18.3. The average Bonchev–Trinajstić information content (AvgIpc) is 2.70.